The number of rotatable bonds is 3. The fraction of sp³-hybridized carbons (Fsp3) is 0.174. The van der Waals surface area contributed by atoms with Gasteiger partial charge in [-0.05, 0) is 69.2 Å². The van der Waals surface area contributed by atoms with E-state index in [1.807, 2.05) is 26.8 Å². The van der Waals surface area contributed by atoms with Crippen LogP contribution in [0.15, 0.2) is 42.5 Å². The fourth-order valence-corrected chi connectivity index (χ4v) is 3.93. The van der Waals surface area contributed by atoms with Crippen molar-refractivity contribution in [3.05, 3.63) is 80.5 Å². The molecule has 2 aromatic carbocycles. The summed E-state index contributed by atoms with van der Waals surface area (Å²) in [4.78, 5) is 17.7. The van der Waals surface area contributed by atoms with Crippen LogP contribution in [-0.4, -0.2) is 20.7 Å². The smallest absolute Gasteiger partial charge is 0.258 e. The number of fused-ring (bicyclic) bond motifs is 1. The van der Waals surface area contributed by atoms with Crippen LogP contribution in [0.1, 0.15) is 32.7 Å². The molecule has 4 aromatic rings. The quantitative estimate of drug-likeness (QED) is 0.413. The Morgan fingerprint density at radius 3 is 2.50 bits per heavy atom. The molecule has 0 radical (unpaired) electrons. The molecule has 5 nitrogen and oxygen atoms in total. The highest BCUT2D eigenvalue weighted by Crippen LogP contribution is 2.27. The molecule has 0 fully saturated rings. The van der Waals surface area contributed by atoms with E-state index >= 15 is 0 Å². The van der Waals surface area contributed by atoms with Crippen molar-refractivity contribution in [3.8, 4) is 5.82 Å². The fourth-order valence-electron chi connectivity index (χ4n) is 3.55. The number of pyridine rings is 1. The third kappa shape index (κ3) is 3.78. The summed E-state index contributed by atoms with van der Waals surface area (Å²) in [5.41, 5.74) is 5.34. The van der Waals surface area contributed by atoms with Crippen molar-refractivity contribution in [2.24, 2.45) is 0 Å². The molecule has 0 atom stereocenters. The maximum Gasteiger partial charge on any atom is 0.258 e. The van der Waals surface area contributed by atoms with Gasteiger partial charge in [0.15, 0.2) is 5.82 Å². The molecule has 0 saturated carbocycles. The number of carbonyl (C=O) groups excluding carboxylic acids is 1. The molecule has 30 heavy (non-hydrogen) atoms. The lowest BCUT2D eigenvalue weighted by atomic mass is 10.0. The lowest BCUT2D eigenvalue weighted by molar-refractivity contribution is 0.102. The molecule has 1 amide bonds. The van der Waals surface area contributed by atoms with Crippen LogP contribution in [0.3, 0.4) is 0 Å². The Labute approximate surface area is 184 Å². The maximum atomic E-state index is 12.8. The average molecular weight is 439 g/mol. The molecule has 0 aliphatic heterocycles. The Balaban J connectivity index is 1.79. The van der Waals surface area contributed by atoms with Crippen molar-refractivity contribution in [1.29, 1.82) is 0 Å². The standard InChI is InChI=1S/C23H20Cl2N4O/c1-12-7-14(3)22-17(8-12)13(2)9-20(26-22)29-21(10-15(4)28-29)27-23(30)18-11-16(24)5-6-19(18)25/h5-11H,1-4H3,(H,27,30). The van der Waals surface area contributed by atoms with Gasteiger partial charge in [0.25, 0.3) is 5.91 Å². The molecule has 7 heteroatoms. The minimum absolute atomic E-state index is 0.295. The van der Waals surface area contributed by atoms with Gasteiger partial charge in [-0.1, -0.05) is 34.8 Å². The zero-order valence-electron chi connectivity index (χ0n) is 17.0. The van der Waals surface area contributed by atoms with Crippen LogP contribution in [0, 0.1) is 27.7 Å². The molecule has 0 unspecified atom stereocenters. The highest BCUT2D eigenvalue weighted by molar-refractivity contribution is 6.36. The Morgan fingerprint density at radius 2 is 1.73 bits per heavy atom. The second-order valence-corrected chi connectivity index (χ2v) is 8.28. The van der Waals surface area contributed by atoms with Crippen molar-refractivity contribution >= 4 is 45.8 Å². The third-order valence-electron chi connectivity index (χ3n) is 4.90. The van der Waals surface area contributed by atoms with Crippen molar-refractivity contribution in [2.45, 2.75) is 27.7 Å². The van der Waals surface area contributed by atoms with E-state index in [1.165, 1.54) is 11.6 Å². The summed E-state index contributed by atoms with van der Waals surface area (Å²) in [6.45, 7) is 8.03. The summed E-state index contributed by atoms with van der Waals surface area (Å²) in [6, 6.07) is 12.8. The summed E-state index contributed by atoms with van der Waals surface area (Å²) in [5.74, 6) is 0.769. The number of nitrogens with zero attached hydrogens (tertiary/aromatic N) is 3. The number of amides is 1. The van der Waals surface area contributed by atoms with E-state index in [0.29, 0.717) is 27.2 Å². The van der Waals surface area contributed by atoms with E-state index in [2.05, 4.69) is 29.5 Å². The van der Waals surface area contributed by atoms with Gasteiger partial charge in [0.2, 0.25) is 0 Å². The topological polar surface area (TPSA) is 59.8 Å². The van der Waals surface area contributed by atoms with E-state index in [-0.39, 0.29) is 5.91 Å². The number of nitrogens with one attached hydrogen (secondary N) is 1. The largest absolute Gasteiger partial charge is 0.306 e. The summed E-state index contributed by atoms with van der Waals surface area (Å²) < 4.78 is 1.64. The molecule has 2 heterocycles. The Morgan fingerprint density at radius 1 is 0.967 bits per heavy atom. The van der Waals surface area contributed by atoms with Crippen LogP contribution in [0.25, 0.3) is 16.7 Å². The number of halogens is 2. The highest BCUT2D eigenvalue weighted by Gasteiger charge is 2.17. The van der Waals surface area contributed by atoms with E-state index in [1.54, 1.807) is 22.9 Å². The average Bonchev–Trinajstić information content (AvgIpc) is 3.04. The normalized spacial score (nSPS) is 11.1. The molecule has 2 aromatic heterocycles. The number of hydrogen-bond donors (Lipinski definition) is 1. The van der Waals surface area contributed by atoms with Crippen molar-refractivity contribution in [3.63, 3.8) is 0 Å². The summed E-state index contributed by atoms with van der Waals surface area (Å²) in [6.07, 6.45) is 0. The van der Waals surface area contributed by atoms with E-state index in [4.69, 9.17) is 28.2 Å². The third-order valence-corrected chi connectivity index (χ3v) is 5.47. The highest BCUT2D eigenvalue weighted by atomic mass is 35.5. The Bertz CT molecular complexity index is 1310. The van der Waals surface area contributed by atoms with Crippen LogP contribution in [0.4, 0.5) is 5.82 Å². The number of aryl methyl sites for hydroxylation is 4. The summed E-state index contributed by atoms with van der Waals surface area (Å²) in [7, 11) is 0. The molecule has 4 rings (SSSR count). The van der Waals surface area contributed by atoms with Gasteiger partial charge in [-0.25, -0.2) is 4.98 Å². The van der Waals surface area contributed by atoms with Gasteiger partial charge < -0.3 is 5.32 Å². The van der Waals surface area contributed by atoms with E-state index in [0.717, 1.165) is 27.7 Å². The van der Waals surface area contributed by atoms with Gasteiger partial charge in [0.05, 0.1) is 21.8 Å². The zero-order valence-corrected chi connectivity index (χ0v) is 18.6. The first-order valence-corrected chi connectivity index (χ1v) is 10.2. The zero-order chi connectivity index (χ0) is 21.6. The Kier molecular flexibility index (Phi) is 5.26. The van der Waals surface area contributed by atoms with E-state index in [9.17, 15) is 4.79 Å². The SMILES string of the molecule is Cc1cc(C)c2nc(-n3nc(C)cc3NC(=O)c3cc(Cl)ccc3Cl)cc(C)c2c1. The van der Waals surface area contributed by atoms with Gasteiger partial charge in [0.1, 0.15) is 5.82 Å². The van der Waals surface area contributed by atoms with Gasteiger partial charge in [-0.2, -0.15) is 9.78 Å². The molecule has 152 valence electrons. The monoisotopic (exact) mass is 438 g/mol. The van der Waals surface area contributed by atoms with Gasteiger partial charge in [-0.15, -0.1) is 0 Å². The lowest BCUT2D eigenvalue weighted by Gasteiger charge is -2.13. The number of anilines is 1. The first kappa shape index (κ1) is 20.4. The number of aromatic nitrogens is 3. The van der Waals surface area contributed by atoms with Crippen molar-refractivity contribution in [1.82, 2.24) is 14.8 Å². The van der Waals surface area contributed by atoms with Crippen LogP contribution < -0.4 is 5.32 Å². The van der Waals surface area contributed by atoms with Crippen LogP contribution in [-0.2, 0) is 0 Å². The van der Waals surface area contributed by atoms with E-state index < -0.39 is 0 Å². The van der Waals surface area contributed by atoms with Gasteiger partial charge in [-0.3, -0.25) is 4.79 Å². The van der Waals surface area contributed by atoms with Crippen LogP contribution >= 0.6 is 23.2 Å². The molecule has 0 aliphatic carbocycles. The lowest BCUT2D eigenvalue weighted by Crippen LogP contribution is -2.16. The molecule has 0 aliphatic rings. The molecule has 0 saturated heterocycles. The van der Waals surface area contributed by atoms with Gasteiger partial charge in [0, 0.05) is 16.5 Å². The molecular formula is C23H20Cl2N4O. The second-order valence-electron chi connectivity index (χ2n) is 7.44. The van der Waals surface area contributed by atoms with Crippen molar-refractivity contribution < 1.29 is 4.79 Å². The number of hydrogen-bond acceptors (Lipinski definition) is 3. The Hall–Kier alpha value is -2.89. The summed E-state index contributed by atoms with van der Waals surface area (Å²) in [5, 5.41) is 9.30. The first-order chi connectivity index (χ1) is 14.2. The molecule has 0 spiro atoms. The maximum absolute atomic E-state index is 12.8. The van der Waals surface area contributed by atoms with Crippen molar-refractivity contribution in [2.75, 3.05) is 5.32 Å². The van der Waals surface area contributed by atoms with Crippen LogP contribution in [0.2, 0.25) is 10.0 Å². The first-order valence-electron chi connectivity index (χ1n) is 9.45. The van der Waals surface area contributed by atoms with Crippen LogP contribution in [0.5, 0.6) is 0 Å². The van der Waals surface area contributed by atoms with Gasteiger partial charge >= 0.3 is 0 Å². The molecule has 0 bridgehead atoms. The number of carbonyl (C=O) groups is 1. The molecule has 1 N–H and O–H groups in total. The number of benzene rings is 2. The molecular weight excluding hydrogens is 419 g/mol. The second kappa shape index (κ2) is 7.74. The summed E-state index contributed by atoms with van der Waals surface area (Å²) >= 11 is 12.2. The minimum atomic E-state index is -0.368. The predicted octanol–water partition coefficient (Wildman–Crippen LogP) is 6.21. The predicted molar refractivity (Wildman–Crippen MR) is 122 cm³/mol. The minimum Gasteiger partial charge on any atom is -0.306 e.